The third kappa shape index (κ3) is 4.49. The molecule has 5 nitrogen and oxygen atoms in total. The Kier molecular flexibility index (Phi) is 6.23. The number of nitriles is 1. The maximum atomic E-state index is 12.7. The first kappa shape index (κ1) is 22.9. The molecule has 3 aromatic rings. The number of nitrogens with one attached hydrogen (secondary N) is 2. The van der Waals surface area contributed by atoms with Crippen molar-refractivity contribution in [2.75, 3.05) is 18.5 Å². The predicted molar refractivity (Wildman–Crippen MR) is 136 cm³/mol. The molecular weight excluding hydrogens is 432 g/mol. The van der Waals surface area contributed by atoms with Crippen LogP contribution in [0.2, 0.25) is 5.02 Å². The monoisotopic (exact) mass is 460 g/mol. The van der Waals surface area contributed by atoms with E-state index in [9.17, 15) is 10.1 Å². The normalized spacial score (nSPS) is 17.5. The Bertz CT molecular complexity index is 1280. The van der Waals surface area contributed by atoms with Crippen molar-refractivity contribution >= 4 is 40.2 Å². The molecule has 0 spiro atoms. The Morgan fingerprint density at radius 2 is 2.12 bits per heavy atom. The van der Waals surface area contributed by atoms with Gasteiger partial charge in [0.05, 0.1) is 0 Å². The summed E-state index contributed by atoms with van der Waals surface area (Å²) in [6.45, 7) is 7.09. The van der Waals surface area contributed by atoms with Crippen LogP contribution in [0.15, 0.2) is 48.2 Å². The van der Waals surface area contributed by atoms with Crippen molar-refractivity contribution in [3.05, 3.63) is 69.9 Å². The quantitative estimate of drug-likeness (QED) is 0.373. The first-order valence-corrected chi connectivity index (χ1v) is 11.6. The van der Waals surface area contributed by atoms with E-state index >= 15 is 0 Å². The molecule has 0 saturated carbocycles. The van der Waals surface area contributed by atoms with Crippen molar-refractivity contribution in [2.45, 2.75) is 45.1 Å². The van der Waals surface area contributed by atoms with E-state index in [0.717, 1.165) is 28.6 Å². The molecule has 170 valence electrons. The molecule has 0 unspecified atom stereocenters. The van der Waals surface area contributed by atoms with Gasteiger partial charge in [0.15, 0.2) is 0 Å². The van der Waals surface area contributed by atoms with Gasteiger partial charge in [0.1, 0.15) is 11.6 Å². The first-order chi connectivity index (χ1) is 15.7. The van der Waals surface area contributed by atoms with Crippen LogP contribution in [-0.2, 0) is 11.2 Å². The van der Waals surface area contributed by atoms with Gasteiger partial charge in [-0.2, -0.15) is 5.26 Å². The highest BCUT2D eigenvalue weighted by Crippen LogP contribution is 2.44. The molecular formula is C27H29ClN4O. The Labute approximate surface area is 200 Å². The fourth-order valence-corrected chi connectivity index (χ4v) is 4.98. The van der Waals surface area contributed by atoms with Crippen molar-refractivity contribution in [2.24, 2.45) is 0 Å². The van der Waals surface area contributed by atoms with Crippen molar-refractivity contribution in [1.29, 1.82) is 5.26 Å². The van der Waals surface area contributed by atoms with E-state index < -0.39 is 5.91 Å². The van der Waals surface area contributed by atoms with E-state index in [0.29, 0.717) is 29.5 Å². The zero-order chi connectivity index (χ0) is 23.8. The number of hydrogen-bond donors (Lipinski definition) is 2. The fraction of sp³-hybridized carbons (Fsp3) is 0.333. The van der Waals surface area contributed by atoms with Gasteiger partial charge in [-0.15, -0.1) is 0 Å². The van der Waals surface area contributed by atoms with Gasteiger partial charge in [-0.3, -0.25) is 4.79 Å². The van der Waals surface area contributed by atoms with Crippen LogP contribution in [0.5, 0.6) is 0 Å². The molecule has 0 saturated heterocycles. The second-order valence-corrected chi connectivity index (χ2v) is 9.85. The van der Waals surface area contributed by atoms with Gasteiger partial charge in [-0.25, -0.2) is 0 Å². The molecule has 1 aliphatic rings. The fourth-order valence-electron chi connectivity index (χ4n) is 4.76. The number of halogens is 1. The maximum absolute atomic E-state index is 12.7. The molecule has 0 radical (unpaired) electrons. The summed E-state index contributed by atoms with van der Waals surface area (Å²) in [6, 6.07) is 14.1. The molecule has 4 rings (SSSR count). The number of anilines is 1. The van der Waals surface area contributed by atoms with Gasteiger partial charge < -0.3 is 15.2 Å². The number of H-pyrrole nitrogens is 1. The van der Waals surface area contributed by atoms with E-state index in [4.69, 9.17) is 11.6 Å². The van der Waals surface area contributed by atoms with Crippen molar-refractivity contribution in [3.8, 4) is 6.07 Å². The summed E-state index contributed by atoms with van der Waals surface area (Å²) in [4.78, 5) is 18.2. The third-order valence-corrected chi connectivity index (χ3v) is 7.10. The number of rotatable bonds is 5. The molecule has 0 aliphatic carbocycles. The summed E-state index contributed by atoms with van der Waals surface area (Å²) < 4.78 is 0. The van der Waals surface area contributed by atoms with E-state index in [2.05, 4.69) is 49.1 Å². The Morgan fingerprint density at radius 3 is 2.88 bits per heavy atom. The first-order valence-electron chi connectivity index (χ1n) is 11.2. The zero-order valence-electron chi connectivity index (χ0n) is 19.5. The van der Waals surface area contributed by atoms with Gasteiger partial charge >= 0.3 is 0 Å². The highest BCUT2D eigenvalue weighted by Gasteiger charge is 2.34. The van der Waals surface area contributed by atoms with Crippen LogP contribution in [0.4, 0.5) is 5.69 Å². The predicted octanol–water partition coefficient (Wildman–Crippen LogP) is 5.81. The molecule has 1 atom stereocenters. The summed E-state index contributed by atoms with van der Waals surface area (Å²) in [7, 11) is 2.08. The summed E-state index contributed by atoms with van der Waals surface area (Å²) in [5.41, 5.74) is 5.27. The Hall–Kier alpha value is -3.23. The summed E-state index contributed by atoms with van der Waals surface area (Å²) >= 11 is 6.58. The number of amides is 1. The van der Waals surface area contributed by atoms with E-state index in [1.54, 1.807) is 6.08 Å². The molecule has 2 heterocycles. The topological polar surface area (TPSA) is 71.9 Å². The number of hydrogen-bond acceptors (Lipinski definition) is 3. The molecule has 2 N–H and O–H groups in total. The minimum absolute atomic E-state index is 0.0373. The molecule has 0 bridgehead atoms. The molecule has 1 amide bonds. The molecule has 0 fully saturated rings. The SMILES string of the molecule is C[C@@H]1CC(C)(C)N(C)c2cc(Cl)c(/C=C(/C#N)C(=O)NCCc3c[nH]c4ccccc34)cc21. The van der Waals surface area contributed by atoms with Gasteiger partial charge in [-0.1, -0.05) is 36.7 Å². The minimum Gasteiger partial charge on any atom is -0.369 e. The Morgan fingerprint density at radius 1 is 1.36 bits per heavy atom. The standard InChI is InChI=1S/C27H29ClN4O/c1-17-14-27(2,3)32(4)25-13-23(28)19(12-22(17)25)11-20(15-29)26(33)30-10-9-18-16-31-24-8-6-5-7-21(18)24/h5-8,11-13,16-17,31H,9-10,14H2,1-4H3,(H,30,33)/b20-11-/t17-/m1/s1. The van der Waals surface area contributed by atoms with Crippen LogP contribution in [0.25, 0.3) is 17.0 Å². The van der Waals surface area contributed by atoms with Crippen molar-refractivity contribution in [1.82, 2.24) is 10.3 Å². The summed E-state index contributed by atoms with van der Waals surface area (Å²) in [5, 5.41) is 14.2. The number of nitrogens with zero attached hydrogens (tertiary/aromatic N) is 2. The highest BCUT2D eigenvalue weighted by molar-refractivity contribution is 6.32. The number of carbonyl (C=O) groups is 1. The lowest BCUT2D eigenvalue weighted by atomic mass is 9.80. The van der Waals surface area contributed by atoms with Crippen LogP contribution >= 0.6 is 11.6 Å². The van der Waals surface area contributed by atoms with Crippen LogP contribution in [0.3, 0.4) is 0 Å². The molecule has 1 aliphatic heterocycles. The van der Waals surface area contributed by atoms with Crippen LogP contribution in [-0.4, -0.2) is 30.0 Å². The number of carbonyl (C=O) groups excluding carboxylic acids is 1. The molecule has 6 heteroatoms. The number of aromatic nitrogens is 1. The van der Waals surface area contributed by atoms with Crippen LogP contribution < -0.4 is 10.2 Å². The van der Waals surface area contributed by atoms with E-state index in [1.165, 1.54) is 5.56 Å². The molecule has 33 heavy (non-hydrogen) atoms. The average molecular weight is 461 g/mol. The summed E-state index contributed by atoms with van der Waals surface area (Å²) in [6.07, 6.45) is 5.24. The Balaban J connectivity index is 1.51. The number of para-hydroxylation sites is 1. The second kappa shape index (κ2) is 8.96. The largest absolute Gasteiger partial charge is 0.369 e. The number of aromatic amines is 1. The van der Waals surface area contributed by atoms with E-state index in [1.807, 2.05) is 42.6 Å². The minimum atomic E-state index is -0.391. The van der Waals surface area contributed by atoms with Gasteiger partial charge in [0, 0.05) is 46.9 Å². The average Bonchev–Trinajstić information content (AvgIpc) is 3.19. The van der Waals surface area contributed by atoms with Gasteiger partial charge in [0.2, 0.25) is 0 Å². The smallest absolute Gasteiger partial charge is 0.261 e. The second-order valence-electron chi connectivity index (χ2n) is 9.44. The van der Waals surface area contributed by atoms with Crippen LogP contribution in [0.1, 0.15) is 49.8 Å². The van der Waals surface area contributed by atoms with Crippen molar-refractivity contribution in [3.63, 3.8) is 0 Å². The lowest BCUT2D eigenvalue weighted by Gasteiger charge is -2.45. The number of fused-ring (bicyclic) bond motifs is 2. The lowest BCUT2D eigenvalue weighted by molar-refractivity contribution is -0.117. The third-order valence-electron chi connectivity index (χ3n) is 6.77. The molecule has 2 aromatic carbocycles. The van der Waals surface area contributed by atoms with Gasteiger partial charge in [-0.05, 0) is 73.6 Å². The lowest BCUT2D eigenvalue weighted by Crippen LogP contribution is -2.45. The highest BCUT2D eigenvalue weighted by atomic mass is 35.5. The van der Waals surface area contributed by atoms with Crippen molar-refractivity contribution < 1.29 is 4.79 Å². The number of benzene rings is 2. The van der Waals surface area contributed by atoms with Crippen LogP contribution in [0, 0.1) is 11.3 Å². The maximum Gasteiger partial charge on any atom is 0.261 e. The summed E-state index contributed by atoms with van der Waals surface area (Å²) in [5.74, 6) is -0.0384. The zero-order valence-corrected chi connectivity index (χ0v) is 20.3. The molecule has 1 aromatic heterocycles. The van der Waals surface area contributed by atoms with E-state index in [-0.39, 0.29) is 11.1 Å². The van der Waals surface area contributed by atoms with Gasteiger partial charge in [0.25, 0.3) is 5.91 Å².